The fraction of sp³-hybridized carbons (Fsp3) is 0.353. The minimum Gasteiger partial charge on any atom is -0.550 e. The number of allylic oxidation sites excluding steroid dienone is 2. The van der Waals surface area contributed by atoms with Crippen molar-refractivity contribution in [1.29, 1.82) is 0 Å². The molecule has 1 heterocycles. The SMILES string of the molecule is Cc1ccc2nc(NC(=O)[C@H]3[C@@H](C(=O)[O-])[C@H]4C=C[C@H]3C4)sc2c1. The lowest BCUT2D eigenvalue weighted by atomic mass is 9.82. The molecular formula is C17H15N2O3S-. The number of hydrogen-bond acceptors (Lipinski definition) is 5. The highest BCUT2D eigenvalue weighted by Crippen LogP contribution is 2.48. The Hall–Kier alpha value is -2.21. The van der Waals surface area contributed by atoms with E-state index in [-0.39, 0.29) is 17.7 Å². The van der Waals surface area contributed by atoms with E-state index in [0.717, 1.165) is 22.2 Å². The fourth-order valence-corrected chi connectivity index (χ4v) is 4.74. The molecule has 0 radical (unpaired) electrons. The summed E-state index contributed by atoms with van der Waals surface area (Å²) in [6.07, 6.45) is 4.57. The van der Waals surface area contributed by atoms with Crippen LogP contribution in [0.4, 0.5) is 5.13 Å². The van der Waals surface area contributed by atoms with E-state index in [1.54, 1.807) is 0 Å². The summed E-state index contributed by atoms with van der Waals surface area (Å²) in [7, 11) is 0. The van der Waals surface area contributed by atoms with Crippen LogP contribution in [-0.2, 0) is 9.59 Å². The highest BCUT2D eigenvalue weighted by atomic mass is 32.1. The number of carboxylic acids is 1. The molecule has 4 atom stereocenters. The minimum atomic E-state index is -1.14. The van der Waals surface area contributed by atoms with Gasteiger partial charge in [-0.05, 0) is 42.9 Å². The standard InChI is InChI=1S/C17H16N2O3S/c1-8-2-5-11-12(6-8)23-17(18-11)19-15(20)13-9-3-4-10(7-9)14(13)16(21)22/h2-6,9-10,13-14H,7H2,1H3,(H,21,22)(H,18,19,20)/p-1/t9-,10-,13+,14-/m0/s1. The smallest absolute Gasteiger partial charge is 0.230 e. The number of thiazole rings is 1. The molecule has 1 saturated carbocycles. The van der Waals surface area contributed by atoms with Crippen LogP contribution in [0.25, 0.3) is 10.2 Å². The first-order valence-corrected chi connectivity index (χ1v) is 8.42. The third-order valence-electron chi connectivity index (χ3n) is 4.81. The Morgan fingerprint density at radius 2 is 2.00 bits per heavy atom. The number of rotatable bonds is 3. The number of hydrogen-bond donors (Lipinski definition) is 1. The molecule has 1 aromatic carbocycles. The zero-order valence-corrected chi connectivity index (χ0v) is 13.3. The summed E-state index contributed by atoms with van der Waals surface area (Å²) in [5, 5.41) is 14.7. The highest BCUT2D eigenvalue weighted by Gasteiger charge is 2.48. The van der Waals surface area contributed by atoms with Crippen molar-refractivity contribution in [2.24, 2.45) is 23.7 Å². The third kappa shape index (κ3) is 2.34. The molecule has 1 N–H and O–H groups in total. The Bertz CT molecular complexity index is 841. The van der Waals surface area contributed by atoms with Gasteiger partial charge in [-0.25, -0.2) is 4.98 Å². The normalized spacial score (nSPS) is 28.4. The Labute approximate surface area is 137 Å². The molecule has 2 aromatic rings. The van der Waals surface area contributed by atoms with Crippen molar-refractivity contribution >= 4 is 38.6 Å². The van der Waals surface area contributed by atoms with Crippen LogP contribution in [0, 0.1) is 30.6 Å². The van der Waals surface area contributed by atoms with Gasteiger partial charge in [-0.15, -0.1) is 0 Å². The predicted molar refractivity (Wildman–Crippen MR) is 85.7 cm³/mol. The highest BCUT2D eigenvalue weighted by molar-refractivity contribution is 7.22. The maximum atomic E-state index is 12.6. The zero-order valence-electron chi connectivity index (χ0n) is 12.5. The van der Waals surface area contributed by atoms with Crippen LogP contribution < -0.4 is 10.4 Å². The van der Waals surface area contributed by atoms with Crippen LogP contribution in [0.1, 0.15) is 12.0 Å². The number of aliphatic carboxylic acids is 1. The zero-order chi connectivity index (χ0) is 16.1. The molecular weight excluding hydrogens is 312 g/mol. The second-order valence-corrected chi connectivity index (χ2v) is 7.33. The molecule has 0 spiro atoms. The number of benzene rings is 1. The summed E-state index contributed by atoms with van der Waals surface area (Å²) < 4.78 is 1.00. The van der Waals surface area contributed by atoms with Gasteiger partial charge in [0.15, 0.2) is 5.13 Å². The van der Waals surface area contributed by atoms with E-state index >= 15 is 0 Å². The second kappa shape index (κ2) is 5.16. The number of nitrogens with zero attached hydrogens (tertiary/aromatic N) is 1. The van der Waals surface area contributed by atoms with E-state index in [4.69, 9.17) is 0 Å². The molecule has 0 saturated heterocycles. The molecule has 2 bridgehead atoms. The van der Waals surface area contributed by atoms with Crippen LogP contribution in [0.2, 0.25) is 0 Å². The maximum absolute atomic E-state index is 12.6. The Kier molecular flexibility index (Phi) is 3.23. The molecule has 5 nitrogen and oxygen atoms in total. The number of anilines is 1. The van der Waals surface area contributed by atoms with E-state index in [1.807, 2.05) is 37.3 Å². The van der Waals surface area contributed by atoms with Crippen LogP contribution in [0.5, 0.6) is 0 Å². The van der Waals surface area contributed by atoms with Crippen molar-refractivity contribution in [1.82, 2.24) is 4.98 Å². The molecule has 118 valence electrons. The van der Waals surface area contributed by atoms with Gasteiger partial charge in [-0.3, -0.25) is 4.79 Å². The Balaban J connectivity index is 1.59. The van der Waals surface area contributed by atoms with Crippen molar-refractivity contribution in [3.8, 4) is 0 Å². The van der Waals surface area contributed by atoms with Crippen molar-refractivity contribution in [2.75, 3.05) is 5.32 Å². The van der Waals surface area contributed by atoms with Crippen molar-refractivity contribution in [3.05, 3.63) is 35.9 Å². The van der Waals surface area contributed by atoms with E-state index < -0.39 is 17.8 Å². The average molecular weight is 327 g/mol. The van der Waals surface area contributed by atoms with Crippen LogP contribution in [-0.4, -0.2) is 16.9 Å². The lowest BCUT2D eigenvalue weighted by molar-refractivity contribution is -0.313. The van der Waals surface area contributed by atoms with Gasteiger partial charge in [0.2, 0.25) is 5.91 Å². The van der Waals surface area contributed by atoms with E-state index in [1.165, 1.54) is 11.3 Å². The minimum absolute atomic E-state index is 0.0143. The largest absolute Gasteiger partial charge is 0.550 e. The molecule has 4 rings (SSSR count). The lowest BCUT2D eigenvalue weighted by Gasteiger charge is -2.27. The average Bonchev–Trinajstić information content (AvgIpc) is 3.18. The first-order valence-electron chi connectivity index (χ1n) is 7.60. The molecule has 2 aliphatic rings. The summed E-state index contributed by atoms with van der Waals surface area (Å²) in [5.74, 6) is -2.81. The topological polar surface area (TPSA) is 82.1 Å². The van der Waals surface area contributed by atoms with Crippen LogP contribution in [0.3, 0.4) is 0 Å². The van der Waals surface area contributed by atoms with Gasteiger partial charge in [0, 0.05) is 11.9 Å². The summed E-state index contributed by atoms with van der Waals surface area (Å²) in [5.41, 5.74) is 1.97. The van der Waals surface area contributed by atoms with Gasteiger partial charge >= 0.3 is 0 Å². The van der Waals surface area contributed by atoms with Crippen LogP contribution >= 0.6 is 11.3 Å². The van der Waals surface area contributed by atoms with Crippen molar-refractivity contribution in [3.63, 3.8) is 0 Å². The van der Waals surface area contributed by atoms with E-state index in [2.05, 4.69) is 10.3 Å². The second-order valence-electron chi connectivity index (χ2n) is 6.30. The van der Waals surface area contributed by atoms with Gasteiger partial charge in [0.1, 0.15) is 0 Å². The first kappa shape index (κ1) is 14.4. The summed E-state index contributed by atoms with van der Waals surface area (Å²) in [6, 6.07) is 5.91. The predicted octanol–water partition coefficient (Wildman–Crippen LogP) is 1.73. The van der Waals surface area contributed by atoms with Crippen molar-refractivity contribution < 1.29 is 14.7 Å². The first-order chi connectivity index (χ1) is 11.0. The van der Waals surface area contributed by atoms with E-state index in [9.17, 15) is 14.7 Å². The summed E-state index contributed by atoms with van der Waals surface area (Å²) in [6.45, 7) is 2.00. The Morgan fingerprint density at radius 3 is 2.74 bits per heavy atom. The third-order valence-corrected chi connectivity index (χ3v) is 5.74. The number of aromatic nitrogens is 1. The lowest BCUT2D eigenvalue weighted by Crippen LogP contribution is -2.42. The fourth-order valence-electron chi connectivity index (χ4n) is 3.78. The molecule has 0 unspecified atom stereocenters. The number of aryl methyl sites for hydroxylation is 1. The quantitative estimate of drug-likeness (QED) is 0.871. The number of amides is 1. The van der Waals surface area contributed by atoms with Crippen molar-refractivity contribution in [2.45, 2.75) is 13.3 Å². The number of nitrogens with one attached hydrogen (secondary N) is 1. The Morgan fingerprint density at radius 1 is 1.26 bits per heavy atom. The van der Waals surface area contributed by atoms with Gasteiger partial charge in [-0.1, -0.05) is 29.6 Å². The maximum Gasteiger partial charge on any atom is 0.230 e. The number of fused-ring (bicyclic) bond motifs is 3. The van der Waals surface area contributed by atoms with Gasteiger partial charge in [0.25, 0.3) is 0 Å². The monoisotopic (exact) mass is 327 g/mol. The molecule has 23 heavy (non-hydrogen) atoms. The molecule has 1 aromatic heterocycles. The number of carbonyl (C=O) groups excluding carboxylic acids is 2. The molecule has 6 heteroatoms. The van der Waals surface area contributed by atoms with Gasteiger partial charge in [0.05, 0.1) is 16.1 Å². The molecule has 1 fully saturated rings. The van der Waals surface area contributed by atoms with Gasteiger partial charge < -0.3 is 15.2 Å². The van der Waals surface area contributed by atoms with E-state index in [0.29, 0.717) is 5.13 Å². The number of carboxylic acid groups (broad SMARTS) is 1. The summed E-state index contributed by atoms with van der Waals surface area (Å²) in [4.78, 5) is 28.4. The summed E-state index contributed by atoms with van der Waals surface area (Å²) >= 11 is 1.40. The molecule has 2 aliphatic carbocycles. The number of carbonyl (C=O) groups is 2. The van der Waals surface area contributed by atoms with Crippen LogP contribution in [0.15, 0.2) is 30.4 Å². The van der Waals surface area contributed by atoms with Gasteiger partial charge in [-0.2, -0.15) is 0 Å². The molecule has 1 amide bonds. The molecule has 0 aliphatic heterocycles.